The van der Waals surface area contributed by atoms with E-state index in [1.807, 2.05) is 6.07 Å². The number of carbonyl (C=O) groups is 1. The highest BCUT2D eigenvalue weighted by Gasteiger charge is 2.40. The van der Waals surface area contributed by atoms with Gasteiger partial charge < -0.3 is 5.32 Å². The number of nitrogens with zero attached hydrogens (tertiary/aromatic N) is 4. The third kappa shape index (κ3) is 3.59. The molecule has 2 N–H and O–H groups in total. The lowest BCUT2D eigenvalue weighted by molar-refractivity contribution is -0.143. The van der Waals surface area contributed by atoms with Crippen molar-refractivity contribution in [2.45, 2.75) is 13.1 Å². The van der Waals surface area contributed by atoms with Gasteiger partial charge in [-0.25, -0.2) is 9.07 Å². The topological polar surface area (TPSA) is 99.4 Å². The van der Waals surface area contributed by atoms with Gasteiger partial charge in [-0.05, 0) is 48.9 Å². The molecule has 2 aromatic heterocycles. The molecule has 2 heterocycles. The number of hydrogen-bond acceptors (Lipinski definition) is 4. The smallest absolute Gasteiger partial charge is 0.304 e. The van der Waals surface area contributed by atoms with Crippen LogP contribution < -0.4 is 5.32 Å². The average Bonchev–Trinajstić information content (AvgIpc) is 3.32. The zero-order chi connectivity index (χ0) is 22.3. The Bertz CT molecular complexity index is 1350. The lowest BCUT2D eigenvalue weighted by atomic mass is 10.1. The maximum atomic E-state index is 13.8. The number of hydrogen-bond donors (Lipinski definition) is 2. The van der Waals surface area contributed by atoms with Crippen molar-refractivity contribution >= 4 is 22.6 Å². The largest absolute Gasteiger partial charge is 0.434 e. The molecule has 0 saturated heterocycles. The van der Waals surface area contributed by atoms with Crippen LogP contribution in [0.1, 0.15) is 27.2 Å². The minimum atomic E-state index is -4.91. The molecule has 0 radical (unpaired) electrons. The summed E-state index contributed by atoms with van der Waals surface area (Å²) in [5.74, 6) is -1.69. The van der Waals surface area contributed by atoms with Crippen molar-refractivity contribution < 1.29 is 22.4 Å². The van der Waals surface area contributed by atoms with Gasteiger partial charge in [0.1, 0.15) is 5.82 Å². The summed E-state index contributed by atoms with van der Waals surface area (Å²) in [7, 11) is 0. The van der Waals surface area contributed by atoms with Gasteiger partial charge in [-0.1, -0.05) is 0 Å². The third-order valence-corrected chi connectivity index (χ3v) is 4.61. The molecular weight excluding hydrogens is 416 g/mol. The fraction of sp³-hybridized carbons (Fsp3) is 0.100. The summed E-state index contributed by atoms with van der Waals surface area (Å²) < 4.78 is 55.0. The number of anilines is 1. The van der Waals surface area contributed by atoms with Crippen LogP contribution >= 0.6 is 0 Å². The number of aromatic amines is 1. The molecule has 4 rings (SSSR count). The Hall–Kier alpha value is -4.20. The van der Waals surface area contributed by atoms with Crippen molar-refractivity contribution in [1.82, 2.24) is 20.0 Å². The number of aromatic nitrogens is 4. The highest BCUT2D eigenvalue weighted by molar-refractivity contribution is 6.08. The summed E-state index contributed by atoms with van der Waals surface area (Å²) in [6, 6.07) is 9.36. The zero-order valence-electron chi connectivity index (χ0n) is 15.8. The number of H-pyrrole nitrogens is 1. The maximum Gasteiger partial charge on any atom is 0.434 e. The van der Waals surface area contributed by atoms with E-state index in [1.54, 1.807) is 13.0 Å². The molecule has 7 nitrogen and oxygen atoms in total. The minimum absolute atomic E-state index is 0.00949. The summed E-state index contributed by atoms with van der Waals surface area (Å²) in [6.07, 6.45) is -4.13. The number of aryl methyl sites for hydroxylation is 1. The number of carbonyl (C=O) groups excluding carboxylic acids is 1. The molecule has 2 aromatic carbocycles. The van der Waals surface area contributed by atoms with E-state index in [2.05, 4.69) is 20.6 Å². The van der Waals surface area contributed by atoms with Crippen molar-refractivity contribution in [3.63, 3.8) is 0 Å². The SMILES string of the molecule is Cc1cc2c(NC(=O)c3cnn(-c4ccc(F)cc4)c3C(F)(F)F)n[nH]c2cc1C#N. The number of halogens is 4. The van der Waals surface area contributed by atoms with Crippen molar-refractivity contribution in [3.8, 4) is 11.8 Å². The van der Waals surface area contributed by atoms with E-state index >= 15 is 0 Å². The molecule has 0 aliphatic heterocycles. The molecule has 1 amide bonds. The Morgan fingerprint density at radius 2 is 1.94 bits per heavy atom. The number of nitrogens with one attached hydrogen (secondary N) is 2. The summed E-state index contributed by atoms with van der Waals surface area (Å²) in [6.45, 7) is 1.69. The van der Waals surface area contributed by atoms with E-state index in [1.165, 1.54) is 6.07 Å². The first-order chi connectivity index (χ1) is 14.7. The zero-order valence-corrected chi connectivity index (χ0v) is 15.8. The summed E-state index contributed by atoms with van der Waals surface area (Å²) in [5, 5.41) is 22.1. The number of benzene rings is 2. The van der Waals surface area contributed by atoms with Crippen LogP contribution in [0.15, 0.2) is 42.6 Å². The maximum absolute atomic E-state index is 13.8. The predicted molar refractivity (Wildman–Crippen MR) is 102 cm³/mol. The van der Waals surface area contributed by atoms with Crippen LogP contribution in [-0.4, -0.2) is 25.9 Å². The molecule has 0 unspecified atom stereocenters. The Balaban J connectivity index is 1.74. The van der Waals surface area contributed by atoms with E-state index < -0.39 is 29.2 Å². The Labute approximate surface area is 171 Å². The average molecular weight is 428 g/mol. The fourth-order valence-corrected chi connectivity index (χ4v) is 3.13. The van der Waals surface area contributed by atoms with Gasteiger partial charge in [0.05, 0.1) is 34.6 Å². The predicted octanol–water partition coefficient (Wildman–Crippen LogP) is 4.34. The van der Waals surface area contributed by atoms with Crippen molar-refractivity contribution in [1.29, 1.82) is 5.26 Å². The molecule has 0 atom stereocenters. The second kappa shape index (κ2) is 7.24. The second-order valence-corrected chi connectivity index (χ2v) is 6.64. The number of rotatable bonds is 3. The lowest BCUT2D eigenvalue weighted by Crippen LogP contribution is -2.21. The first-order valence-electron chi connectivity index (χ1n) is 8.80. The van der Waals surface area contributed by atoms with E-state index in [0.717, 1.165) is 30.5 Å². The van der Waals surface area contributed by atoms with E-state index in [9.17, 15) is 22.4 Å². The van der Waals surface area contributed by atoms with Crippen molar-refractivity contribution in [2.24, 2.45) is 0 Å². The molecule has 4 aromatic rings. The van der Waals surface area contributed by atoms with Gasteiger partial charge >= 0.3 is 6.18 Å². The number of amides is 1. The van der Waals surface area contributed by atoms with Gasteiger partial charge in [-0.15, -0.1) is 0 Å². The first-order valence-corrected chi connectivity index (χ1v) is 8.80. The number of fused-ring (bicyclic) bond motifs is 1. The van der Waals surface area contributed by atoms with E-state index in [4.69, 9.17) is 5.26 Å². The fourth-order valence-electron chi connectivity index (χ4n) is 3.13. The molecule has 0 bridgehead atoms. The van der Waals surface area contributed by atoms with Crippen LogP contribution in [0.5, 0.6) is 0 Å². The molecular formula is C20H12F4N6O. The van der Waals surface area contributed by atoms with Gasteiger partial charge in [0.25, 0.3) is 5.91 Å². The van der Waals surface area contributed by atoms with Gasteiger partial charge in [0.15, 0.2) is 11.5 Å². The lowest BCUT2D eigenvalue weighted by Gasteiger charge is -2.12. The monoisotopic (exact) mass is 428 g/mol. The summed E-state index contributed by atoms with van der Waals surface area (Å²) in [5.41, 5.74) is -0.633. The second-order valence-electron chi connectivity index (χ2n) is 6.64. The highest BCUT2D eigenvalue weighted by atomic mass is 19.4. The molecule has 0 spiro atoms. The van der Waals surface area contributed by atoms with Crippen LogP contribution in [-0.2, 0) is 6.18 Å². The van der Waals surface area contributed by atoms with Gasteiger partial charge in [0, 0.05) is 5.39 Å². The van der Waals surface area contributed by atoms with Crippen molar-refractivity contribution in [3.05, 3.63) is 70.8 Å². The van der Waals surface area contributed by atoms with Crippen LogP contribution in [0, 0.1) is 24.1 Å². The van der Waals surface area contributed by atoms with Gasteiger partial charge in [-0.2, -0.15) is 28.6 Å². The Kier molecular flexibility index (Phi) is 4.69. The molecule has 31 heavy (non-hydrogen) atoms. The molecule has 0 aliphatic carbocycles. The molecule has 0 saturated carbocycles. The molecule has 156 valence electrons. The Morgan fingerprint density at radius 1 is 1.23 bits per heavy atom. The number of nitriles is 1. The summed E-state index contributed by atoms with van der Waals surface area (Å²) in [4.78, 5) is 12.7. The van der Waals surface area contributed by atoms with Gasteiger partial charge in [-0.3, -0.25) is 9.89 Å². The van der Waals surface area contributed by atoms with Crippen LogP contribution in [0.25, 0.3) is 16.6 Å². The van der Waals surface area contributed by atoms with Crippen LogP contribution in [0.2, 0.25) is 0 Å². The summed E-state index contributed by atoms with van der Waals surface area (Å²) >= 11 is 0. The molecule has 0 aliphatic rings. The van der Waals surface area contributed by atoms with Gasteiger partial charge in [0.2, 0.25) is 0 Å². The van der Waals surface area contributed by atoms with E-state index in [-0.39, 0.29) is 11.5 Å². The third-order valence-electron chi connectivity index (χ3n) is 4.61. The van der Waals surface area contributed by atoms with Crippen LogP contribution in [0.4, 0.5) is 23.4 Å². The normalized spacial score (nSPS) is 11.5. The highest BCUT2D eigenvalue weighted by Crippen LogP contribution is 2.34. The standard InChI is InChI=1S/C20H12F4N6O/c1-10-6-14-16(7-11(10)8-25)28-29-18(14)27-19(31)15-9-26-30(17(15)20(22,23)24)13-4-2-12(21)3-5-13/h2-7,9H,1H3,(H2,27,28,29,31). The molecule has 0 fully saturated rings. The minimum Gasteiger partial charge on any atom is -0.304 e. The quantitative estimate of drug-likeness (QED) is 0.474. The number of alkyl halides is 3. The van der Waals surface area contributed by atoms with Crippen LogP contribution in [0.3, 0.4) is 0 Å². The van der Waals surface area contributed by atoms with E-state index in [0.29, 0.717) is 26.7 Å². The molecule has 11 heteroatoms. The first kappa shape index (κ1) is 20.1. The Morgan fingerprint density at radius 3 is 2.58 bits per heavy atom. The van der Waals surface area contributed by atoms with Crippen molar-refractivity contribution in [2.75, 3.05) is 5.32 Å².